The summed E-state index contributed by atoms with van der Waals surface area (Å²) in [7, 11) is 0. The molecule has 0 spiro atoms. The van der Waals surface area contributed by atoms with Gasteiger partial charge in [-0.25, -0.2) is 0 Å². The molecule has 2 aliphatic rings. The van der Waals surface area contributed by atoms with Crippen molar-refractivity contribution in [2.24, 2.45) is 0 Å². The lowest BCUT2D eigenvalue weighted by Gasteiger charge is -2.16. The van der Waals surface area contributed by atoms with E-state index >= 15 is 0 Å². The van der Waals surface area contributed by atoms with Crippen molar-refractivity contribution >= 4 is 29.1 Å². The van der Waals surface area contributed by atoms with Gasteiger partial charge in [0.05, 0.1) is 5.02 Å². The Labute approximate surface area is 134 Å². The highest BCUT2D eigenvalue weighted by Gasteiger charge is 2.34. The van der Waals surface area contributed by atoms with E-state index in [2.05, 4.69) is 10.2 Å². The van der Waals surface area contributed by atoms with Crippen molar-refractivity contribution in [3.63, 3.8) is 0 Å². The first-order valence-electron chi connectivity index (χ1n) is 7.23. The van der Waals surface area contributed by atoms with E-state index in [4.69, 9.17) is 27.9 Å². The van der Waals surface area contributed by atoms with E-state index in [1.807, 2.05) is 0 Å². The minimum absolute atomic E-state index is 0.0417. The van der Waals surface area contributed by atoms with Crippen LogP contribution in [-0.2, 0) is 4.79 Å². The van der Waals surface area contributed by atoms with Crippen LogP contribution < -0.4 is 10.1 Å². The van der Waals surface area contributed by atoms with Crippen LogP contribution in [0.4, 0.5) is 0 Å². The molecule has 1 atom stereocenters. The predicted molar refractivity (Wildman–Crippen MR) is 83.1 cm³/mol. The fourth-order valence-electron chi connectivity index (χ4n) is 2.68. The number of halogens is 2. The summed E-state index contributed by atoms with van der Waals surface area (Å²) in [6.07, 6.45) is 3.62. The molecular weight excluding hydrogens is 311 g/mol. The molecule has 2 fully saturated rings. The lowest BCUT2D eigenvalue weighted by Crippen LogP contribution is -2.39. The largest absolute Gasteiger partial charge is 0.482 e. The molecule has 114 valence electrons. The van der Waals surface area contributed by atoms with Crippen LogP contribution >= 0.6 is 23.2 Å². The predicted octanol–water partition coefficient (Wildman–Crippen LogP) is 2.73. The Morgan fingerprint density at radius 1 is 1.33 bits per heavy atom. The van der Waals surface area contributed by atoms with Crippen LogP contribution in [0.1, 0.15) is 19.3 Å². The van der Waals surface area contributed by atoms with Gasteiger partial charge in [0.2, 0.25) is 0 Å². The Hall–Kier alpha value is -0.970. The van der Waals surface area contributed by atoms with Crippen LogP contribution in [0.5, 0.6) is 5.75 Å². The molecule has 1 saturated carbocycles. The summed E-state index contributed by atoms with van der Waals surface area (Å²) in [6.45, 7) is 1.99. The van der Waals surface area contributed by atoms with Gasteiger partial charge in [0.15, 0.2) is 6.61 Å². The van der Waals surface area contributed by atoms with Crippen molar-refractivity contribution in [1.29, 1.82) is 0 Å². The number of benzene rings is 1. The van der Waals surface area contributed by atoms with E-state index in [1.54, 1.807) is 18.2 Å². The van der Waals surface area contributed by atoms with Crippen LogP contribution in [0.25, 0.3) is 0 Å². The van der Waals surface area contributed by atoms with Crippen LogP contribution in [0.2, 0.25) is 10.0 Å². The van der Waals surface area contributed by atoms with Crippen molar-refractivity contribution in [3.05, 3.63) is 28.2 Å². The van der Waals surface area contributed by atoms with Gasteiger partial charge in [-0.15, -0.1) is 0 Å². The van der Waals surface area contributed by atoms with Crippen molar-refractivity contribution in [2.75, 3.05) is 19.7 Å². The number of carbonyl (C=O) groups excluding carboxylic acids is 1. The second-order valence-corrected chi connectivity index (χ2v) is 6.49. The second-order valence-electron chi connectivity index (χ2n) is 5.64. The number of amides is 1. The normalized spacial score (nSPS) is 22.3. The van der Waals surface area contributed by atoms with E-state index in [9.17, 15) is 4.79 Å². The molecule has 0 bridgehead atoms. The molecule has 21 heavy (non-hydrogen) atoms. The fraction of sp³-hybridized carbons (Fsp3) is 0.533. The molecule has 1 heterocycles. The minimum atomic E-state index is -0.117. The number of rotatable bonds is 5. The van der Waals surface area contributed by atoms with E-state index in [0.29, 0.717) is 15.8 Å². The highest BCUT2D eigenvalue weighted by Crippen LogP contribution is 2.30. The number of likely N-dealkylation sites (tertiary alicyclic amines) is 1. The van der Waals surface area contributed by atoms with Gasteiger partial charge in [-0.1, -0.05) is 23.2 Å². The van der Waals surface area contributed by atoms with Crippen LogP contribution in [0.3, 0.4) is 0 Å². The van der Waals surface area contributed by atoms with Crippen LogP contribution in [-0.4, -0.2) is 42.6 Å². The molecule has 1 aliphatic carbocycles. The zero-order chi connectivity index (χ0) is 14.8. The molecule has 1 amide bonds. The number of carbonyl (C=O) groups is 1. The number of ether oxygens (including phenoxy) is 1. The summed E-state index contributed by atoms with van der Waals surface area (Å²) in [5, 5.41) is 4.00. The van der Waals surface area contributed by atoms with E-state index < -0.39 is 0 Å². The quantitative estimate of drug-likeness (QED) is 0.903. The van der Waals surface area contributed by atoms with Crippen molar-refractivity contribution < 1.29 is 9.53 Å². The zero-order valence-electron chi connectivity index (χ0n) is 11.6. The molecule has 1 aromatic carbocycles. The lowest BCUT2D eigenvalue weighted by molar-refractivity contribution is -0.123. The molecular formula is C15H18Cl2N2O2. The van der Waals surface area contributed by atoms with E-state index in [1.165, 1.54) is 12.8 Å². The zero-order valence-corrected chi connectivity index (χ0v) is 13.2. The average molecular weight is 329 g/mol. The van der Waals surface area contributed by atoms with Gasteiger partial charge in [-0.3, -0.25) is 9.69 Å². The summed E-state index contributed by atoms with van der Waals surface area (Å²) >= 11 is 11.9. The first-order chi connectivity index (χ1) is 10.1. The smallest absolute Gasteiger partial charge is 0.258 e. The van der Waals surface area contributed by atoms with Gasteiger partial charge in [0.1, 0.15) is 5.75 Å². The van der Waals surface area contributed by atoms with Gasteiger partial charge in [0.25, 0.3) is 5.91 Å². The number of hydrogen-bond donors (Lipinski definition) is 1. The Balaban J connectivity index is 1.45. The van der Waals surface area contributed by atoms with Gasteiger partial charge < -0.3 is 10.1 Å². The van der Waals surface area contributed by atoms with Gasteiger partial charge in [-0.05, 0) is 31.4 Å². The summed E-state index contributed by atoms with van der Waals surface area (Å²) < 4.78 is 5.43. The standard InChI is InChI=1S/C15H18Cl2N2O2/c16-10-1-4-13(17)14(7-10)21-9-15(20)18-11-5-6-19(8-11)12-2-3-12/h1,4,7,11-12H,2-3,5-6,8-9H2,(H,18,20)/t11-/m1/s1. The molecule has 1 N–H and O–H groups in total. The molecule has 0 unspecified atom stereocenters. The van der Waals surface area contributed by atoms with Crippen LogP contribution in [0.15, 0.2) is 18.2 Å². The van der Waals surface area contributed by atoms with Gasteiger partial charge >= 0.3 is 0 Å². The molecule has 1 aliphatic heterocycles. The second kappa shape index (κ2) is 6.42. The fourth-order valence-corrected chi connectivity index (χ4v) is 3.01. The summed E-state index contributed by atoms with van der Waals surface area (Å²) in [4.78, 5) is 14.4. The Morgan fingerprint density at radius 2 is 2.14 bits per heavy atom. The highest BCUT2D eigenvalue weighted by molar-refractivity contribution is 6.34. The van der Waals surface area contributed by atoms with Crippen LogP contribution in [0, 0.1) is 0 Å². The third kappa shape index (κ3) is 4.02. The van der Waals surface area contributed by atoms with Gasteiger partial charge in [0, 0.05) is 36.3 Å². The molecule has 0 radical (unpaired) electrons. The number of nitrogens with one attached hydrogen (secondary N) is 1. The minimum Gasteiger partial charge on any atom is -0.482 e. The van der Waals surface area contributed by atoms with Crippen molar-refractivity contribution in [3.8, 4) is 5.75 Å². The third-order valence-corrected chi connectivity index (χ3v) is 4.45. The summed E-state index contributed by atoms with van der Waals surface area (Å²) in [6, 6.07) is 5.94. The first-order valence-corrected chi connectivity index (χ1v) is 7.98. The first kappa shape index (κ1) is 14.9. The molecule has 6 heteroatoms. The molecule has 1 saturated heterocycles. The van der Waals surface area contributed by atoms with Crippen molar-refractivity contribution in [1.82, 2.24) is 10.2 Å². The summed E-state index contributed by atoms with van der Waals surface area (Å²) in [5.74, 6) is 0.319. The molecule has 0 aromatic heterocycles. The monoisotopic (exact) mass is 328 g/mol. The number of hydrogen-bond acceptors (Lipinski definition) is 3. The topological polar surface area (TPSA) is 41.6 Å². The Kier molecular flexibility index (Phi) is 4.57. The molecule has 1 aromatic rings. The third-order valence-electron chi connectivity index (χ3n) is 3.90. The number of nitrogens with zero attached hydrogens (tertiary/aromatic N) is 1. The average Bonchev–Trinajstić information content (AvgIpc) is 3.21. The maximum atomic E-state index is 11.9. The SMILES string of the molecule is O=C(COc1cc(Cl)ccc1Cl)N[C@@H]1CCN(C2CC2)C1. The maximum Gasteiger partial charge on any atom is 0.258 e. The van der Waals surface area contributed by atoms with Gasteiger partial charge in [-0.2, -0.15) is 0 Å². The van der Waals surface area contributed by atoms with E-state index in [0.717, 1.165) is 25.6 Å². The Bertz CT molecular complexity index is 534. The molecule has 4 nitrogen and oxygen atoms in total. The highest BCUT2D eigenvalue weighted by atomic mass is 35.5. The Morgan fingerprint density at radius 3 is 2.90 bits per heavy atom. The van der Waals surface area contributed by atoms with E-state index in [-0.39, 0.29) is 18.6 Å². The summed E-state index contributed by atoms with van der Waals surface area (Å²) in [5.41, 5.74) is 0. The van der Waals surface area contributed by atoms with Crippen molar-refractivity contribution in [2.45, 2.75) is 31.3 Å². The lowest BCUT2D eigenvalue weighted by atomic mass is 10.2. The molecule has 3 rings (SSSR count). The maximum absolute atomic E-state index is 11.9.